The number of carbonyl (C=O) groups is 1. The van der Waals surface area contributed by atoms with Crippen molar-refractivity contribution < 1.29 is 22.7 Å². The van der Waals surface area contributed by atoms with Crippen LogP contribution in [0.4, 0.5) is 10.1 Å². The van der Waals surface area contributed by atoms with E-state index in [9.17, 15) is 17.6 Å². The molecule has 1 heterocycles. The van der Waals surface area contributed by atoms with Gasteiger partial charge in [0, 0.05) is 6.20 Å². The molecule has 20 heavy (non-hydrogen) atoms. The van der Waals surface area contributed by atoms with Crippen molar-refractivity contribution >= 4 is 21.7 Å². The highest BCUT2D eigenvalue weighted by atomic mass is 32.2. The predicted octanol–water partition coefficient (Wildman–Crippen LogP) is 1.72. The zero-order chi connectivity index (χ0) is 14.8. The molecule has 2 rings (SSSR count). The lowest BCUT2D eigenvalue weighted by molar-refractivity contribution is 0.0692. The predicted molar refractivity (Wildman–Crippen MR) is 68.4 cm³/mol. The maximum Gasteiger partial charge on any atom is 0.356 e. The van der Waals surface area contributed by atoms with E-state index in [4.69, 9.17) is 5.11 Å². The second kappa shape index (κ2) is 5.25. The molecule has 0 aliphatic carbocycles. The Balaban J connectivity index is 2.45. The van der Waals surface area contributed by atoms with Crippen LogP contribution in [0.3, 0.4) is 0 Å². The smallest absolute Gasteiger partial charge is 0.356 e. The number of benzene rings is 1. The average molecular weight is 296 g/mol. The summed E-state index contributed by atoms with van der Waals surface area (Å²) in [5.74, 6) is -2.32. The largest absolute Gasteiger partial charge is 0.476 e. The summed E-state index contributed by atoms with van der Waals surface area (Å²) in [6, 6.07) is 7.38. The number of aromatic nitrogens is 1. The van der Waals surface area contributed by atoms with Crippen LogP contribution in [0.5, 0.6) is 0 Å². The van der Waals surface area contributed by atoms with Gasteiger partial charge in [0.25, 0.3) is 10.0 Å². The van der Waals surface area contributed by atoms with E-state index in [2.05, 4.69) is 4.98 Å². The third kappa shape index (κ3) is 2.75. The van der Waals surface area contributed by atoms with Crippen molar-refractivity contribution in [2.24, 2.45) is 0 Å². The Morgan fingerprint density at radius 2 is 1.90 bits per heavy atom. The summed E-state index contributed by atoms with van der Waals surface area (Å²) in [5, 5.41) is 8.92. The van der Waals surface area contributed by atoms with Gasteiger partial charge < -0.3 is 5.11 Å². The van der Waals surface area contributed by atoms with Gasteiger partial charge in [-0.1, -0.05) is 12.1 Å². The number of rotatable bonds is 4. The minimum Gasteiger partial charge on any atom is -0.476 e. The summed E-state index contributed by atoms with van der Waals surface area (Å²) in [6.07, 6.45) is 1.21. The number of hydrogen-bond acceptors (Lipinski definition) is 4. The van der Waals surface area contributed by atoms with E-state index in [1.54, 1.807) is 0 Å². The van der Waals surface area contributed by atoms with Crippen LogP contribution in [0.1, 0.15) is 10.5 Å². The zero-order valence-electron chi connectivity index (χ0n) is 9.95. The number of nitrogens with one attached hydrogen (secondary N) is 1. The fraction of sp³-hybridized carbons (Fsp3) is 0. The summed E-state index contributed by atoms with van der Waals surface area (Å²) in [6.45, 7) is 0. The number of pyridine rings is 1. The summed E-state index contributed by atoms with van der Waals surface area (Å²) in [7, 11) is -4.23. The van der Waals surface area contributed by atoms with E-state index in [0.717, 1.165) is 12.1 Å². The van der Waals surface area contributed by atoms with Crippen molar-refractivity contribution in [3.05, 3.63) is 54.1 Å². The molecule has 2 N–H and O–H groups in total. The Labute approximate surface area is 114 Å². The first-order valence-corrected chi connectivity index (χ1v) is 6.86. The Morgan fingerprint density at radius 1 is 1.20 bits per heavy atom. The number of aromatic carboxylic acids is 1. The monoisotopic (exact) mass is 296 g/mol. The maximum absolute atomic E-state index is 13.5. The van der Waals surface area contributed by atoms with Crippen molar-refractivity contribution in [1.82, 2.24) is 4.98 Å². The van der Waals surface area contributed by atoms with Crippen LogP contribution in [0.25, 0.3) is 0 Å². The van der Waals surface area contributed by atoms with Gasteiger partial charge in [-0.05, 0) is 24.3 Å². The van der Waals surface area contributed by atoms with Gasteiger partial charge in [0.1, 0.15) is 10.7 Å². The Kier molecular flexibility index (Phi) is 3.66. The summed E-state index contributed by atoms with van der Waals surface area (Å²) < 4.78 is 39.6. The lowest BCUT2D eigenvalue weighted by Gasteiger charge is -2.10. The van der Waals surface area contributed by atoms with E-state index >= 15 is 0 Å². The van der Waals surface area contributed by atoms with Gasteiger partial charge >= 0.3 is 5.97 Å². The molecule has 2 aromatic rings. The first-order chi connectivity index (χ1) is 9.42. The number of halogens is 1. The Bertz CT molecular complexity index is 762. The highest BCUT2D eigenvalue weighted by Crippen LogP contribution is 2.20. The topological polar surface area (TPSA) is 96.4 Å². The van der Waals surface area contributed by atoms with Crippen molar-refractivity contribution in [2.45, 2.75) is 4.90 Å². The molecule has 104 valence electrons. The molecule has 1 aromatic heterocycles. The fourth-order valence-corrected chi connectivity index (χ4v) is 2.67. The van der Waals surface area contributed by atoms with Gasteiger partial charge in [0.15, 0.2) is 5.69 Å². The van der Waals surface area contributed by atoms with Gasteiger partial charge in [-0.3, -0.25) is 4.72 Å². The first-order valence-electron chi connectivity index (χ1n) is 5.37. The van der Waals surface area contributed by atoms with E-state index in [0.29, 0.717) is 0 Å². The molecule has 6 nitrogen and oxygen atoms in total. The molecule has 0 spiro atoms. The average Bonchev–Trinajstić information content (AvgIpc) is 2.39. The maximum atomic E-state index is 13.5. The molecule has 0 saturated carbocycles. The van der Waals surface area contributed by atoms with Crippen molar-refractivity contribution in [3.8, 4) is 0 Å². The minimum atomic E-state index is -4.23. The molecule has 1 aromatic carbocycles. The van der Waals surface area contributed by atoms with Gasteiger partial charge in [-0.25, -0.2) is 22.6 Å². The standard InChI is InChI=1S/C12H9FN2O4S/c13-8-4-1-2-6-10(8)20(18,19)15-9-5-3-7-14-11(9)12(16)17/h1-7,15H,(H,16,17). The van der Waals surface area contributed by atoms with Gasteiger partial charge in [-0.2, -0.15) is 0 Å². The molecule has 0 bridgehead atoms. The third-order valence-corrected chi connectivity index (χ3v) is 3.78. The molecule has 0 amide bonds. The van der Waals surface area contributed by atoms with Crippen LogP contribution in [0.15, 0.2) is 47.5 Å². The van der Waals surface area contributed by atoms with Crippen molar-refractivity contribution in [3.63, 3.8) is 0 Å². The molecule has 0 aliphatic rings. The van der Waals surface area contributed by atoms with Crippen LogP contribution in [0.2, 0.25) is 0 Å². The van der Waals surface area contributed by atoms with E-state index < -0.39 is 32.4 Å². The molecular formula is C12H9FN2O4S. The molecule has 0 radical (unpaired) electrons. The summed E-state index contributed by atoms with van der Waals surface area (Å²) >= 11 is 0. The lowest BCUT2D eigenvalue weighted by Crippen LogP contribution is -2.17. The molecule has 0 atom stereocenters. The molecule has 8 heteroatoms. The second-order valence-electron chi connectivity index (χ2n) is 3.74. The van der Waals surface area contributed by atoms with E-state index in [1.165, 1.54) is 30.5 Å². The lowest BCUT2D eigenvalue weighted by atomic mass is 10.3. The van der Waals surface area contributed by atoms with Crippen LogP contribution in [-0.2, 0) is 10.0 Å². The Morgan fingerprint density at radius 3 is 2.55 bits per heavy atom. The quantitative estimate of drug-likeness (QED) is 0.895. The number of carboxylic acids is 1. The second-order valence-corrected chi connectivity index (χ2v) is 5.39. The normalized spacial score (nSPS) is 11.1. The van der Waals surface area contributed by atoms with Gasteiger partial charge in [0.05, 0.1) is 5.69 Å². The van der Waals surface area contributed by atoms with Crippen molar-refractivity contribution in [1.29, 1.82) is 0 Å². The summed E-state index contributed by atoms with van der Waals surface area (Å²) in [5.41, 5.74) is -0.698. The van der Waals surface area contributed by atoms with Crippen LogP contribution >= 0.6 is 0 Å². The van der Waals surface area contributed by atoms with Crippen LogP contribution < -0.4 is 4.72 Å². The van der Waals surface area contributed by atoms with Gasteiger partial charge in [-0.15, -0.1) is 0 Å². The number of nitrogens with zero attached hydrogens (tertiary/aromatic N) is 1. The van der Waals surface area contributed by atoms with E-state index in [1.807, 2.05) is 4.72 Å². The van der Waals surface area contributed by atoms with Crippen molar-refractivity contribution in [2.75, 3.05) is 4.72 Å². The first kappa shape index (κ1) is 13.9. The number of hydrogen-bond donors (Lipinski definition) is 2. The molecule has 0 aliphatic heterocycles. The summed E-state index contributed by atoms with van der Waals surface area (Å²) in [4.78, 5) is 13.9. The third-order valence-electron chi connectivity index (χ3n) is 2.38. The van der Waals surface area contributed by atoms with Gasteiger partial charge in [0.2, 0.25) is 0 Å². The van der Waals surface area contributed by atoms with Crippen LogP contribution in [0, 0.1) is 5.82 Å². The zero-order valence-corrected chi connectivity index (χ0v) is 10.8. The number of anilines is 1. The van der Waals surface area contributed by atoms with Crippen LogP contribution in [-0.4, -0.2) is 24.5 Å². The van der Waals surface area contributed by atoms with E-state index in [-0.39, 0.29) is 5.69 Å². The SMILES string of the molecule is O=C(O)c1ncccc1NS(=O)(=O)c1ccccc1F. The Hall–Kier alpha value is -2.48. The molecule has 0 saturated heterocycles. The molecule has 0 unspecified atom stereocenters. The number of sulfonamides is 1. The highest BCUT2D eigenvalue weighted by molar-refractivity contribution is 7.92. The molecule has 0 fully saturated rings. The minimum absolute atomic E-state index is 0.233. The number of carboxylic acid groups (broad SMARTS) is 1. The fourth-order valence-electron chi connectivity index (χ4n) is 1.52. The highest BCUT2D eigenvalue weighted by Gasteiger charge is 2.21. The molecular weight excluding hydrogens is 287 g/mol.